The fraction of sp³-hybridized carbons (Fsp3) is 0.444. The molecule has 5 heteroatoms. The third-order valence-corrected chi connectivity index (χ3v) is 4.21. The topological polar surface area (TPSA) is 50.3 Å². The summed E-state index contributed by atoms with van der Waals surface area (Å²) in [6.07, 6.45) is 2.19. The molecule has 0 spiro atoms. The maximum atomic E-state index is 5.28. The highest BCUT2D eigenvalue weighted by molar-refractivity contribution is 5.49. The number of nitrogens with zero attached hydrogens (tertiary/aromatic N) is 3. The summed E-state index contributed by atoms with van der Waals surface area (Å²) in [5.74, 6) is 2.78. The Hall–Kier alpha value is -2.30. The second-order valence-corrected chi connectivity index (χ2v) is 6.05. The summed E-state index contributed by atoms with van der Waals surface area (Å²) in [7, 11) is 1.70. The van der Waals surface area contributed by atoms with Crippen LogP contribution in [0, 0.1) is 13.8 Å². The molecule has 3 rings (SSSR count). The van der Waals surface area contributed by atoms with Crippen LogP contribution in [0.3, 0.4) is 0 Å². The number of benzene rings is 1. The summed E-state index contributed by atoms with van der Waals surface area (Å²) in [6, 6.07) is 10.7. The van der Waals surface area contributed by atoms with Gasteiger partial charge in [0.2, 0.25) is 0 Å². The van der Waals surface area contributed by atoms with E-state index in [-0.39, 0.29) is 0 Å². The Balaban J connectivity index is 1.59. The first kappa shape index (κ1) is 15.6. The van der Waals surface area contributed by atoms with E-state index in [0.29, 0.717) is 6.04 Å². The largest absolute Gasteiger partial charge is 0.497 e. The Morgan fingerprint density at radius 1 is 1.13 bits per heavy atom. The molecule has 23 heavy (non-hydrogen) atoms. The summed E-state index contributed by atoms with van der Waals surface area (Å²) < 4.78 is 5.28. The van der Waals surface area contributed by atoms with E-state index in [4.69, 9.17) is 4.74 Å². The summed E-state index contributed by atoms with van der Waals surface area (Å²) in [5.41, 5.74) is 2.15. The number of piperidine rings is 1. The minimum Gasteiger partial charge on any atom is -0.497 e. The van der Waals surface area contributed by atoms with Gasteiger partial charge < -0.3 is 15.0 Å². The molecule has 0 saturated carbocycles. The average molecular weight is 312 g/mol. The summed E-state index contributed by atoms with van der Waals surface area (Å²) in [4.78, 5) is 11.3. The minimum atomic E-state index is 0.488. The number of aryl methyl sites for hydroxylation is 2. The molecule has 5 nitrogen and oxygen atoms in total. The molecule has 0 aliphatic carbocycles. The van der Waals surface area contributed by atoms with E-state index >= 15 is 0 Å². The van der Waals surface area contributed by atoms with Gasteiger partial charge in [0.25, 0.3) is 0 Å². The molecule has 0 unspecified atom stereocenters. The molecule has 1 aliphatic heterocycles. The lowest BCUT2D eigenvalue weighted by Crippen LogP contribution is -2.39. The van der Waals surface area contributed by atoms with E-state index in [1.807, 2.05) is 32.0 Å². The lowest BCUT2D eigenvalue weighted by atomic mass is 10.0. The third kappa shape index (κ3) is 3.92. The summed E-state index contributed by atoms with van der Waals surface area (Å²) in [5, 5.41) is 3.61. The van der Waals surface area contributed by atoms with E-state index in [9.17, 15) is 0 Å². The van der Waals surface area contributed by atoms with Crippen LogP contribution >= 0.6 is 0 Å². The molecule has 122 valence electrons. The van der Waals surface area contributed by atoms with Crippen molar-refractivity contribution in [3.63, 3.8) is 0 Å². The molecule has 1 N–H and O–H groups in total. The lowest BCUT2D eigenvalue weighted by molar-refractivity contribution is 0.415. The first-order chi connectivity index (χ1) is 11.1. The van der Waals surface area contributed by atoms with Gasteiger partial charge in [0.05, 0.1) is 7.11 Å². The Bertz CT molecular complexity index is 646. The smallest absolute Gasteiger partial charge is 0.132 e. The number of ether oxygens (including phenoxy) is 1. The molecule has 1 aromatic carbocycles. The van der Waals surface area contributed by atoms with E-state index in [2.05, 4.69) is 32.3 Å². The number of nitrogens with one attached hydrogen (secondary N) is 1. The number of hydrogen-bond acceptors (Lipinski definition) is 5. The second-order valence-electron chi connectivity index (χ2n) is 6.05. The van der Waals surface area contributed by atoms with Crippen LogP contribution < -0.4 is 15.0 Å². The number of methoxy groups -OCH3 is 1. The van der Waals surface area contributed by atoms with Gasteiger partial charge in [-0.15, -0.1) is 0 Å². The van der Waals surface area contributed by atoms with Crippen molar-refractivity contribution in [2.24, 2.45) is 0 Å². The van der Waals surface area contributed by atoms with E-state index in [1.54, 1.807) is 7.11 Å². The maximum Gasteiger partial charge on any atom is 0.132 e. The molecule has 1 aromatic heterocycles. The molecule has 1 saturated heterocycles. The van der Waals surface area contributed by atoms with E-state index < -0.39 is 0 Å². The van der Waals surface area contributed by atoms with Gasteiger partial charge in [0.15, 0.2) is 0 Å². The van der Waals surface area contributed by atoms with Crippen LogP contribution in [-0.2, 0) is 0 Å². The zero-order valence-electron chi connectivity index (χ0n) is 14.0. The third-order valence-electron chi connectivity index (χ3n) is 4.21. The van der Waals surface area contributed by atoms with Crippen molar-refractivity contribution in [2.45, 2.75) is 32.7 Å². The molecule has 0 atom stereocenters. The Kier molecular flexibility index (Phi) is 4.65. The fourth-order valence-electron chi connectivity index (χ4n) is 3.06. The molecular weight excluding hydrogens is 288 g/mol. The van der Waals surface area contributed by atoms with Gasteiger partial charge in [-0.1, -0.05) is 6.07 Å². The first-order valence-corrected chi connectivity index (χ1v) is 8.12. The molecule has 1 fully saturated rings. The highest BCUT2D eigenvalue weighted by Gasteiger charge is 2.20. The Labute approximate surface area is 137 Å². The number of rotatable bonds is 4. The molecule has 0 radical (unpaired) electrons. The quantitative estimate of drug-likeness (QED) is 0.939. The summed E-state index contributed by atoms with van der Waals surface area (Å²) >= 11 is 0. The Morgan fingerprint density at radius 2 is 1.91 bits per heavy atom. The molecule has 0 amide bonds. The predicted molar refractivity (Wildman–Crippen MR) is 93.4 cm³/mol. The van der Waals surface area contributed by atoms with Crippen molar-refractivity contribution in [3.05, 3.63) is 41.9 Å². The van der Waals surface area contributed by atoms with Crippen LogP contribution in [0.4, 0.5) is 11.5 Å². The van der Waals surface area contributed by atoms with Crippen molar-refractivity contribution in [3.8, 4) is 5.75 Å². The van der Waals surface area contributed by atoms with Gasteiger partial charge in [0.1, 0.15) is 17.4 Å². The van der Waals surface area contributed by atoms with E-state index in [0.717, 1.165) is 54.7 Å². The van der Waals surface area contributed by atoms with Crippen LogP contribution in [0.25, 0.3) is 0 Å². The summed E-state index contributed by atoms with van der Waals surface area (Å²) in [6.45, 7) is 6.00. The predicted octanol–water partition coefficient (Wildman–Crippen LogP) is 3.18. The van der Waals surface area contributed by atoms with Crippen LogP contribution in [0.2, 0.25) is 0 Å². The number of aromatic nitrogens is 2. The van der Waals surface area contributed by atoms with Gasteiger partial charge in [-0.05, 0) is 38.8 Å². The van der Waals surface area contributed by atoms with Crippen LogP contribution in [0.1, 0.15) is 24.4 Å². The van der Waals surface area contributed by atoms with Gasteiger partial charge in [-0.3, -0.25) is 0 Å². The zero-order chi connectivity index (χ0) is 16.2. The van der Waals surface area contributed by atoms with Crippen molar-refractivity contribution >= 4 is 11.5 Å². The highest BCUT2D eigenvalue weighted by Crippen LogP contribution is 2.23. The fourth-order valence-corrected chi connectivity index (χ4v) is 3.06. The lowest BCUT2D eigenvalue weighted by Gasteiger charge is -2.33. The molecule has 0 bridgehead atoms. The minimum absolute atomic E-state index is 0.488. The first-order valence-electron chi connectivity index (χ1n) is 8.12. The standard InChI is InChI=1S/C18H24N4O/c1-13-11-18(20-14(2)19-13)22-9-7-15(8-10-22)21-16-5-4-6-17(12-16)23-3/h4-6,11-12,15,21H,7-10H2,1-3H3. The van der Waals surface area contributed by atoms with Crippen molar-refractivity contribution in [1.82, 2.24) is 9.97 Å². The van der Waals surface area contributed by atoms with Crippen molar-refractivity contribution in [2.75, 3.05) is 30.4 Å². The van der Waals surface area contributed by atoms with Crippen LogP contribution in [0.15, 0.2) is 30.3 Å². The maximum absolute atomic E-state index is 5.28. The average Bonchev–Trinajstić information content (AvgIpc) is 2.55. The zero-order valence-corrected chi connectivity index (χ0v) is 14.0. The van der Waals surface area contributed by atoms with Gasteiger partial charge in [0, 0.05) is 42.6 Å². The van der Waals surface area contributed by atoms with Crippen molar-refractivity contribution < 1.29 is 4.74 Å². The number of anilines is 2. The number of hydrogen-bond donors (Lipinski definition) is 1. The van der Waals surface area contributed by atoms with Crippen LogP contribution in [-0.4, -0.2) is 36.2 Å². The molecule has 1 aliphatic rings. The highest BCUT2D eigenvalue weighted by atomic mass is 16.5. The Morgan fingerprint density at radius 3 is 2.61 bits per heavy atom. The second kappa shape index (κ2) is 6.86. The normalized spacial score (nSPS) is 15.5. The molecule has 2 aromatic rings. The molecular formula is C18H24N4O. The van der Waals surface area contributed by atoms with Gasteiger partial charge in [-0.2, -0.15) is 0 Å². The molecule has 2 heterocycles. The monoisotopic (exact) mass is 312 g/mol. The van der Waals surface area contributed by atoms with Crippen LogP contribution in [0.5, 0.6) is 5.75 Å². The van der Waals surface area contributed by atoms with E-state index in [1.165, 1.54) is 0 Å². The SMILES string of the molecule is COc1cccc(NC2CCN(c3cc(C)nc(C)n3)CC2)c1. The van der Waals surface area contributed by atoms with Crippen molar-refractivity contribution in [1.29, 1.82) is 0 Å². The van der Waals surface area contributed by atoms with Gasteiger partial charge >= 0.3 is 0 Å². The van der Waals surface area contributed by atoms with Gasteiger partial charge in [-0.25, -0.2) is 9.97 Å².